The van der Waals surface area contributed by atoms with Crippen molar-refractivity contribution in [3.63, 3.8) is 0 Å². The topological polar surface area (TPSA) is 153 Å². The van der Waals surface area contributed by atoms with Crippen molar-refractivity contribution in [1.29, 1.82) is 0 Å². The highest BCUT2D eigenvalue weighted by atomic mass is 32.2. The van der Waals surface area contributed by atoms with Gasteiger partial charge in [0, 0.05) is 45.1 Å². The molecule has 2 heterocycles. The van der Waals surface area contributed by atoms with E-state index in [0.29, 0.717) is 31.6 Å². The van der Waals surface area contributed by atoms with Crippen molar-refractivity contribution in [3.05, 3.63) is 101 Å². The molecule has 13 heteroatoms. The summed E-state index contributed by atoms with van der Waals surface area (Å²) < 4.78 is 29.0. The quantitative estimate of drug-likeness (QED) is 0.187. The Balaban J connectivity index is 1.59. The van der Waals surface area contributed by atoms with Gasteiger partial charge in [0.2, 0.25) is 15.9 Å². The summed E-state index contributed by atoms with van der Waals surface area (Å²) in [7, 11) is -4.05. The van der Waals surface area contributed by atoms with E-state index in [4.69, 9.17) is 0 Å². The second kappa shape index (κ2) is 17.5. The molecule has 1 aliphatic rings. The van der Waals surface area contributed by atoms with Crippen molar-refractivity contribution in [2.45, 2.75) is 76.7 Å². The molecule has 1 aromatic heterocycles. The summed E-state index contributed by atoms with van der Waals surface area (Å²) in [6, 6.07) is 17.1. The van der Waals surface area contributed by atoms with E-state index in [0.717, 1.165) is 11.1 Å². The lowest BCUT2D eigenvalue weighted by Gasteiger charge is -2.35. The van der Waals surface area contributed by atoms with E-state index in [-0.39, 0.29) is 48.8 Å². The van der Waals surface area contributed by atoms with Crippen molar-refractivity contribution < 1.29 is 23.1 Å². The lowest BCUT2D eigenvalue weighted by atomic mass is 9.95. The number of hydrogen-bond acceptors (Lipinski definition) is 8. The van der Waals surface area contributed by atoms with E-state index in [1.807, 2.05) is 70.2 Å². The molecular formula is C36H48N6O6S. The maximum Gasteiger partial charge on any atom is 0.321 e. The zero-order valence-corrected chi connectivity index (χ0v) is 29.5. The zero-order valence-electron chi connectivity index (χ0n) is 28.7. The number of carbonyl (C=O) groups is 2. The van der Waals surface area contributed by atoms with Crippen molar-refractivity contribution in [2.24, 2.45) is 17.0 Å². The molecule has 1 saturated heterocycles. The number of carbonyl (C=O) groups excluding carboxylic acids is 2. The van der Waals surface area contributed by atoms with Crippen molar-refractivity contribution in [2.75, 3.05) is 26.2 Å². The Morgan fingerprint density at radius 1 is 0.980 bits per heavy atom. The second-order valence-corrected chi connectivity index (χ2v) is 15.0. The minimum Gasteiger partial charge on any atom is -0.390 e. The number of aliphatic hydroxyl groups is 1. The fourth-order valence-corrected chi connectivity index (χ4v) is 7.69. The van der Waals surface area contributed by atoms with Gasteiger partial charge < -0.3 is 20.2 Å². The number of aliphatic hydroxyl groups excluding tert-OH is 1. The fourth-order valence-electron chi connectivity index (χ4n) is 6.07. The van der Waals surface area contributed by atoms with Crippen LogP contribution in [0.2, 0.25) is 0 Å². The minimum atomic E-state index is -4.05. The molecule has 2 N–H and O–H groups in total. The van der Waals surface area contributed by atoms with Gasteiger partial charge in [-0.1, -0.05) is 87.8 Å². The molecule has 2 aromatic carbocycles. The number of pyridine rings is 1. The van der Waals surface area contributed by atoms with Crippen molar-refractivity contribution in [3.8, 4) is 0 Å². The van der Waals surface area contributed by atoms with Gasteiger partial charge in [-0.2, -0.15) is 9.21 Å². The highest BCUT2D eigenvalue weighted by Crippen LogP contribution is 2.24. The molecular weight excluding hydrogens is 644 g/mol. The number of aromatic nitrogens is 1. The molecule has 4 rings (SSSR count). The predicted octanol–water partition coefficient (Wildman–Crippen LogP) is 4.44. The van der Waals surface area contributed by atoms with E-state index in [1.54, 1.807) is 34.3 Å². The Morgan fingerprint density at radius 3 is 2.29 bits per heavy atom. The summed E-state index contributed by atoms with van der Waals surface area (Å²) >= 11 is 0. The maximum atomic E-state index is 14.2. The van der Waals surface area contributed by atoms with Crippen LogP contribution in [-0.4, -0.2) is 88.9 Å². The van der Waals surface area contributed by atoms with Gasteiger partial charge in [-0.3, -0.25) is 9.78 Å². The molecule has 3 aromatic rings. The van der Waals surface area contributed by atoms with Crippen LogP contribution < -0.4 is 5.32 Å². The Morgan fingerprint density at radius 2 is 1.67 bits per heavy atom. The summed E-state index contributed by atoms with van der Waals surface area (Å²) in [4.78, 5) is 46.0. The number of nitroso groups, excluding NO2 is 1. The Bertz CT molecular complexity index is 1620. The molecule has 0 unspecified atom stereocenters. The molecule has 1 aliphatic heterocycles. The van der Waals surface area contributed by atoms with Crippen LogP contribution >= 0.6 is 0 Å². The van der Waals surface area contributed by atoms with Crippen LogP contribution in [0.4, 0.5) is 4.79 Å². The van der Waals surface area contributed by atoms with Crippen LogP contribution in [0.5, 0.6) is 0 Å². The van der Waals surface area contributed by atoms with Gasteiger partial charge in [0.25, 0.3) is 0 Å². The molecule has 0 spiro atoms. The van der Waals surface area contributed by atoms with Crippen LogP contribution in [0.1, 0.15) is 50.8 Å². The normalized spacial score (nSPS) is 16.1. The molecule has 0 bridgehead atoms. The fraction of sp³-hybridized carbons (Fsp3) is 0.472. The number of nitrogens with zero attached hydrogens (tertiary/aromatic N) is 5. The number of nitrogens with one attached hydrogen (secondary N) is 1. The third-order valence-electron chi connectivity index (χ3n) is 8.87. The van der Waals surface area contributed by atoms with E-state index in [2.05, 4.69) is 15.5 Å². The second-order valence-electron chi connectivity index (χ2n) is 13.1. The van der Waals surface area contributed by atoms with Gasteiger partial charge >= 0.3 is 6.03 Å². The Labute approximate surface area is 289 Å². The molecule has 3 amide bonds. The molecule has 49 heavy (non-hydrogen) atoms. The van der Waals surface area contributed by atoms with Crippen LogP contribution in [0.3, 0.4) is 0 Å². The van der Waals surface area contributed by atoms with E-state index >= 15 is 0 Å². The number of rotatable bonds is 18. The summed E-state index contributed by atoms with van der Waals surface area (Å²) in [6.45, 7) is 8.66. The van der Waals surface area contributed by atoms with Crippen LogP contribution in [0.25, 0.3) is 0 Å². The summed E-state index contributed by atoms with van der Waals surface area (Å²) in [5.41, 5.74) is 2.33. The van der Waals surface area contributed by atoms with Gasteiger partial charge in [-0.05, 0) is 53.1 Å². The number of amides is 3. The molecule has 0 radical (unpaired) electrons. The zero-order chi connectivity index (χ0) is 35.6. The van der Waals surface area contributed by atoms with E-state index in [1.165, 1.54) is 16.4 Å². The first kappa shape index (κ1) is 37.6. The summed E-state index contributed by atoms with van der Waals surface area (Å²) in [5, 5.41) is 17.7. The van der Waals surface area contributed by atoms with Crippen LogP contribution in [-0.2, 0) is 34.3 Å². The standard InChI is InChI=1S/C36H48N6O6S/c1-5-27(4)34(42-19-18-40(36(42)45)24-30-12-9-17-37-21-30)35(44)39-32(20-28-10-7-6-8-11-28)33(43)25-41(23-26(2)3)49(47,48)31-15-13-29(14-16-31)22-38-46/h6-17,21,26-27,32-34,43H,5,18-20,22-25H2,1-4H3,(H,39,44)/t27-,32-,33+,34-/m0/s1. The maximum absolute atomic E-state index is 14.2. The average molecular weight is 693 g/mol. The number of benzene rings is 2. The smallest absolute Gasteiger partial charge is 0.321 e. The number of sulfonamides is 1. The van der Waals surface area contributed by atoms with Crippen LogP contribution in [0, 0.1) is 16.7 Å². The largest absolute Gasteiger partial charge is 0.390 e. The van der Waals surface area contributed by atoms with Crippen LogP contribution in [0.15, 0.2) is 89.2 Å². The lowest BCUT2D eigenvalue weighted by Crippen LogP contribution is -2.57. The molecule has 12 nitrogen and oxygen atoms in total. The first-order chi connectivity index (χ1) is 23.4. The molecule has 0 aliphatic carbocycles. The lowest BCUT2D eigenvalue weighted by molar-refractivity contribution is -0.128. The van der Waals surface area contributed by atoms with Gasteiger partial charge in [-0.25, -0.2) is 13.2 Å². The summed E-state index contributed by atoms with van der Waals surface area (Å²) in [5.74, 6) is -0.649. The molecule has 4 atom stereocenters. The Hall–Kier alpha value is -4.20. The third kappa shape index (κ3) is 9.93. The summed E-state index contributed by atoms with van der Waals surface area (Å²) in [6.07, 6.45) is 2.98. The highest BCUT2D eigenvalue weighted by molar-refractivity contribution is 7.89. The average Bonchev–Trinajstić information content (AvgIpc) is 3.43. The van der Waals surface area contributed by atoms with Gasteiger partial charge in [0.1, 0.15) is 12.6 Å². The SMILES string of the molecule is CC[C@H](C)[C@@H](C(=O)N[C@@H](Cc1ccccc1)[C@H](O)CN(CC(C)C)S(=O)(=O)c1ccc(CN=O)cc1)N1CCN(Cc2cccnc2)C1=O. The number of hydrogen-bond donors (Lipinski definition) is 2. The van der Waals surface area contributed by atoms with Crippen molar-refractivity contribution in [1.82, 2.24) is 24.4 Å². The minimum absolute atomic E-state index is 0.0267. The first-order valence-corrected chi connectivity index (χ1v) is 18.2. The Kier molecular flexibility index (Phi) is 13.4. The van der Waals surface area contributed by atoms with Crippen molar-refractivity contribution >= 4 is 22.0 Å². The predicted molar refractivity (Wildman–Crippen MR) is 188 cm³/mol. The molecule has 0 saturated carbocycles. The highest BCUT2D eigenvalue weighted by Gasteiger charge is 2.41. The van der Waals surface area contributed by atoms with E-state index < -0.39 is 34.1 Å². The number of urea groups is 1. The van der Waals surface area contributed by atoms with E-state index in [9.17, 15) is 28.0 Å². The monoisotopic (exact) mass is 692 g/mol. The first-order valence-electron chi connectivity index (χ1n) is 16.8. The third-order valence-corrected chi connectivity index (χ3v) is 10.7. The molecule has 1 fully saturated rings. The van der Waals surface area contributed by atoms with Gasteiger partial charge in [-0.15, -0.1) is 0 Å². The van der Waals surface area contributed by atoms with Gasteiger partial charge in [0.15, 0.2) is 0 Å². The van der Waals surface area contributed by atoms with Gasteiger partial charge in [0.05, 0.1) is 17.0 Å². The molecule has 264 valence electrons.